The minimum atomic E-state index is -0.833. The molecule has 1 saturated carbocycles. The molecule has 0 bridgehead atoms. The molecule has 0 aromatic heterocycles. The van der Waals surface area contributed by atoms with Gasteiger partial charge in [0, 0.05) is 24.0 Å². The number of carbonyl (C=O) groups is 1. The van der Waals surface area contributed by atoms with Gasteiger partial charge in [0.15, 0.2) is 11.5 Å². The van der Waals surface area contributed by atoms with Crippen LogP contribution in [0.25, 0.3) is 0 Å². The number of nitrogens with zero attached hydrogens (tertiary/aromatic N) is 1. The van der Waals surface area contributed by atoms with E-state index in [4.69, 9.17) is 29.1 Å². The topological polar surface area (TPSA) is 97.6 Å². The maximum absolute atomic E-state index is 10.3. The second-order valence-electron chi connectivity index (χ2n) is 8.66. The number of fused-ring (bicyclic) bond motifs is 3. The van der Waals surface area contributed by atoms with Crippen LogP contribution in [-0.2, 0) is 4.79 Å². The number of aliphatic imine (C=N–C) groups is 1. The lowest BCUT2D eigenvalue weighted by Crippen LogP contribution is -2.34. The summed E-state index contributed by atoms with van der Waals surface area (Å²) in [5.74, 6) is 1.66. The Labute approximate surface area is 201 Å². The molecule has 1 fully saturated rings. The van der Waals surface area contributed by atoms with Crippen LogP contribution in [0, 0.1) is 0 Å². The van der Waals surface area contributed by atoms with E-state index in [-0.39, 0.29) is 18.1 Å². The molecule has 0 saturated heterocycles. The van der Waals surface area contributed by atoms with Crippen LogP contribution in [0.4, 0.5) is 0 Å². The van der Waals surface area contributed by atoms with Crippen LogP contribution in [0.2, 0.25) is 0 Å². The van der Waals surface area contributed by atoms with Crippen molar-refractivity contribution in [3.63, 3.8) is 0 Å². The number of benzene rings is 2. The Morgan fingerprint density at radius 1 is 1.09 bits per heavy atom. The second kappa shape index (κ2) is 11.9. The predicted octanol–water partition coefficient (Wildman–Crippen LogP) is 4.82. The van der Waals surface area contributed by atoms with Gasteiger partial charge in [0.1, 0.15) is 5.75 Å². The average molecular weight is 470 g/mol. The zero-order valence-corrected chi connectivity index (χ0v) is 20.4. The van der Waals surface area contributed by atoms with Gasteiger partial charge in [-0.2, -0.15) is 0 Å². The third-order valence-corrected chi connectivity index (χ3v) is 6.19. The second-order valence-corrected chi connectivity index (χ2v) is 8.66. The Bertz CT molecular complexity index is 997. The van der Waals surface area contributed by atoms with Gasteiger partial charge < -0.3 is 24.4 Å². The van der Waals surface area contributed by atoms with E-state index >= 15 is 0 Å². The van der Waals surface area contributed by atoms with Crippen LogP contribution in [0.1, 0.15) is 68.6 Å². The summed E-state index contributed by atoms with van der Waals surface area (Å²) in [4.78, 5) is 14.2. The fourth-order valence-electron chi connectivity index (χ4n) is 4.54. The first-order valence-electron chi connectivity index (χ1n) is 11.8. The van der Waals surface area contributed by atoms with Crippen LogP contribution < -0.4 is 14.2 Å². The van der Waals surface area contributed by atoms with Gasteiger partial charge in [-0.25, -0.2) is 0 Å². The fourth-order valence-corrected chi connectivity index (χ4v) is 4.54. The van der Waals surface area contributed by atoms with Gasteiger partial charge in [0.25, 0.3) is 5.97 Å². The van der Waals surface area contributed by atoms with Crippen molar-refractivity contribution in [2.45, 2.75) is 64.0 Å². The summed E-state index contributed by atoms with van der Waals surface area (Å²) in [7, 11) is 3.31. The van der Waals surface area contributed by atoms with Crippen molar-refractivity contribution < 1.29 is 29.2 Å². The number of ether oxygens (including phenoxy) is 3. The van der Waals surface area contributed by atoms with E-state index in [0.717, 1.165) is 74.0 Å². The van der Waals surface area contributed by atoms with Crippen molar-refractivity contribution in [1.82, 2.24) is 0 Å². The first kappa shape index (κ1) is 25.6. The minimum Gasteiger partial charge on any atom is -0.494 e. The number of methoxy groups -OCH3 is 2. The number of hydrogen-bond donors (Lipinski definition) is 2. The molecular weight excluding hydrogens is 434 g/mol. The number of unbranched alkanes of at least 4 members (excludes halogenated alkanes) is 1. The van der Waals surface area contributed by atoms with E-state index in [2.05, 4.69) is 25.1 Å². The van der Waals surface area contributed by atoms with Gasteiger partial charge in [-0.15, -0.1) is 0 Å². The first-order chi connectivity index (χ1) is 16.4. The molecule has 3 unspecified atom stereocenters. The van der Waals surface area contributed by atoms with Crippen molar-refractivity contribution in [1.29, 1.82) is 0 Å². The Morgan fingerprint density at radius 3 is 2.35 bits per heavy atom. The van der Waals surface area contributed by atoms with Crippen LogP contribution in [0.15, 0.2) is 41.4 Å². The molecule has 2 aromatic carbocycles. The number of carboxylic acid groups (broad SMARTS) is 1. The van der Waals surface area contributed by atoms with Crippen molar-refractivity contribution >= 4 is 11.7 Å². The molecule has 3 atom stereocenters. The molecule has 1 aliphatic heterocycles. The van der Waals surface area contributed by atoms with Gasteiger partial charge in [-0.3, -0.25) is 9.79 Å². The number of carboxylic acids is 1. The zero-order valence-electron chi connectivity index (χ0n) is 20.4. The van der Waals surface area contributed by atoms with Crippen molar-refractivity contribution in [2.24, 2.45) is 4.99 Å². The highest BCUT2D eigenvalue weighted by atomic mass is 16.5. The maximum atomic E-state index is 10.3. The smallest absolute Gasteiger partial charge is 0.300 e. The Kier molecular flexibility index (Phi) is 8.93. The number of aliphatic hydroxyl groups is 1. The lowest BCUT2D eigenvalue weighted by Gasteiger charge is -2.37. The first-order valence-corrected chi connectivity index (χ1v) is 11.8. The number of aliphatic carboxylic acids is 1. The highest BCUT2D eigenvalue weighted by molar-refractivity contribution is 6.15. The lowest BCUT2D eigenvalue weighted by atomic mass is 9.74. The Hall–Kier alpha value is -3.06. The lowest BCUT2D eigenvalue weighted by molar-refractivity contribution is -0.134. The van der Waals surface area contributed by atoms with E-state index in [9.17, 15) is 5.11 Å². The number of rotatable bonds is 7. The summed E-state index contributed by atoms with van der Waals surface area (Å²) >= 11 is 0. The van der Waals surface area contributed by atoms with Gasteiger partial charge in [0.2, 0.25) is 0 Å². The summed E-state index contributed by atoms with van der Waals surface area (Å²) in [6, 6.07) is 12.5. The molecule has 4 rings (SSSR count). The molecule has 2 aromatic rings. The van der Waals surface area contributed by atoms with Crippen LogP contribution in [0.5, 0.6) is 17.2 Å². The van der Waals surface area contributed by atoms with Crippen molar-refractivity contribution in [3.8, 4) is 17.2 Å². The molecule has 7 heteroatoms. The number of aliphatic hydroxyl groups excluding tert-OH is 1. The number of hydrogen-bond acceptors (Lipinski definition) is 6. The third kappa shape index (κ3) is 6.08. The standard InChI is InChI=1S/C25H31NO4.C2H4O2/c1-4-5-12-30-18-9-6-16(7-10-18)25-21-15-24(29-3)23(28-2)14-19(21)20-13-17(27)8-11-22(20)26-25;1-2(3)4/h6-7,9-10,14-15,17,20,22,27H,4-5,8,11-13H2,1-3H3;1H3,(H,3,4). The molecule has 184 valence electrons. The molecule has 0 amide bonds. The summed E-state index contributed by atoms with van der Waals surface area (Å²) in [5.41, 5.74) is 4.28. The zero-order chi connectivity index (χ0) is 24.7. The Balaban J connectivity index is 0.000000751. The SMILES string of the molecule is CC(=O)O.CCCCOc1ccc(C2=NC3CCC(O)CC3c3cc(OC)c(OC)cc32)cc1. The van der Waals surface area contributed by atoms with Crippen molar-refractivity contribution in [3.05, 3.63) is 53.1 Å². The van der Waals surface area contributed by atoms with E-state index in [1.165, 1.54) is 5.56 Å². The molecule has 1 heterocycles. The molecular formula is C27H35NO6. The summed E-state index contributed by atoms with van der Waals surface area (Å²) in [5, 5.41) is 17.7. The Morgan fingerprint density at radius 2 is 1.74 bits per heavy atom. The molecule has 0 spiro atoms. The van der Waals surface area contributed by atoms with Crippen LogP contribution in [0.3, 0.4) is 0 Å². The van der Waals surface area contributed by atoms with Gasteiger partial charge in [-0.05, 0) is 67.6 Å². The predicted molar refractivity (Wildman–Crippen MR) is 132 cm³/mol. The molecule has 1 aliphatic carbocycles. The monoisotopic (exact) mass is 469 g/mol. The quantitative estimate of drug-likeness (QED) is 0.564. The molecule has 2 aliphatic rings. The van der Waals surface area contributed by atoms with Crippen LogP contribution >= 0.6 is 0 Å². The third-order valence-electron chi connectivity index (χ3n) is 6.19. The maximum Gasteiger partial charge on any atom is 0.300 e. The molecule has 0 radical (unpaired) electrons. The van der Waals surface area contributed by atoms with E-state index in [1.807, 2.05) is 18.2 Å². The molecule has 2 N–H and O–H groups in total. The largest absolute Gasteiger partial charge is 0.494 e. The normalized spacial score (nSPS) is 20.6. The van der Waals surface area contributed by atoms with E-state index < -0.39 is 5.97 Å². The van der Waals surface area contributed by atoms with Gasteiger partial charge in [0.05, 0.1) is 38.7 Å². The summed E-state index contributed by atoms with van der Waals surface area (Å²) < 4.78 is 17.0. The summed E-state index contributed by atoms with van der Waals surface area (Å²) in [6.07, 6.45) is 4.32. The highest BCUT2D eigenvalue weighted by Crippen LogP contribution is 2.44. The molecule has 7 nitrogen and oxygen atoms in total. The fraction of sp³-hybridized carbons (Fsp3) is 0.481. The van der Waals surface area contributed by atoms with Gasteiger partial charge in [-0.1, -0.05) is 13.3 Å². The van der Waals surface area contributed by atoms with E-state index in [0.29, 0.717) is 5.75 Å². The minimum absolute atomic E-state index is 0.175. The van der Waals surface area contributed by atoms with Gasteiger partial charge >= 0.3 is 0 Å². The van der Waals surface area contributed by atoms with Crippen LogP contribution in [-0.4, -0.2) is 54.9 Å². The average Bonchev–Trinajstić information content (AvgIpc) is 2.83. The van der Waals surface area contributed by atoms with E-state index in [1.54, 1.807) is 14.2 Å². The summed E-state index contributed by atoms with van der Waals surface area (Å²) in [6.45, 7) is 3.98. The molecule has 34 heavy (non-hydrogen) atoms. The highest BCUT2D eigenvalue weighted by Gasteiger charge is 2.37. The van der Waals surface area contributed by atoms with Crippen molar-refractivity contribution in [2.75, 3.05) is 20.8 Å².